The molecule has 0 atom stereocenters. The molecule has 0 fully saturated rings. The van der Waals surface area contributed by atoms with Crippen molar-refractivity contribution in [3.05, 3.63) is 71.3 Å². The number of hydrogen-bond donors (Lipinski definition) is 0. The Labute approximate surface area is 126 Å². The minimum atomic E-state index is 0.976. The minimum Gasteiger partial charge on any atom is -0.191 e. The summed E-state index contributed by atoms with van der Waals surface area (Å²) in [6.45, 7) is 3.28. The third-order valence-corrected chi connectivity index (χ3v) is 4.65. The van der Waals surface area contributed by atoms with Gasteiger partial charge in [0.25, 0.3) is 0 Å². The molecule has 104 valence electrons. The van der Waals surface area contributed by atoms with Gasteiger partial charge in [0.1, 0.15) is 0 Å². The van der Waals surface area contributed by atoms with Gasteiger partial charge in [-0.05, 0) is 25.8 Å². The van der Waals surface area contributed by atoms with Gasteiger partial charge in [0.2, 0.25) is 5.69 Å². The molecular formula is C20H20N+. The molecule has 1 heterocycles. The average Bonchev–Trinajstić information content (AvgIpc) is 2.84. The summed E-state index contributed by atoms with van der Waals surface area (Å²) in [6.07, 6.45) is 3.73. The lowest BCUT2D eigenvalue weighted by atomic mass is 9.88. The fourth-order valence-corrected chi connectivity index (χ4v) is 3.68. The molecule has 2 aromatic rings. The highest BCUT2D eigenvalue weighted by atomic mass is 15.0. The van der Waals surface area contributed by atoms with Crippen molar-refractivity contribution in [3.8, 4) is 0 Å². The SMILES string of the molecule is CC1=C2C(=[N+](Cc3ccccc3)c3ccccc32)CCC1. The van der Waals surface area contributed by atoms with Crippen molar-refractivity contribution in [2.45, 2.75) is 32.7 Å². The summed E-state index contributed by atoms with van der Waals surface area (Å²) in [4.78, 5) is 0. The molecule has 0 saturated carbocycles. The number of para-hydroxylation sites is 1. The molecule has 0 unspecified atom stereocenters. The summed E-state index contributed by atoms with van der Waals surface area (Å²) in [7, 11) is 0. The second-order valence-electron chi connectivity index (χ2n) is 6.04. The highest BCUT2D eigenvalue weighted by molar-refractivity contribution is 6.26. The van der Waals surface area contributed by atoms with E-state index in [1.54, 1.807) is 5.57 Å². The van der Waals surface area contributed by atoms with Crippen molar-refractivity contribution < 1.29 is 4.58 Å². The molecule has 0 bridgehead atoms. The standard InChI is InChI=1S/C20H20N/c1-15-8-7-13-19-20(15)17-11-5-6-12-18(17)21(19)14-16-9-3-2-4-10-16/h2-6,9-12H,7-8,13-14H2,1H3/q+1. The smallest absolute Gasteiger partial charge is 0.191 e. The monoisotopic (exact) mass is 274 g/mol. The van der Waals surface area contributed by atoms with Crippen LogP contribution in [-0.2, 0) is 6.54 Å². The summed E-state index contributed by atoms with van der Waals surface area (Å²) in [5.41, 5.74) is 8.80. The number of hydrogen-bond acceptors (Lipinski definition) is 0. The second kappa shape index (κ2) is 5.00. The Morgan fingerprint density at radius 2 is 1.67 bits per heavy atom. The van der Waals surface area contributed by atoms with Gasteiger partial charge in [0.15, 0.2) is 12.3 Å². The second-order valence-corrected chi connectivity index (χ2v) is 6.04. The zero-order valence-electron chi connectivity index (χ0n) is 12.5. The summed E-state index contributed by atoms with van der Waals surface area (Å²) < 4.78 is 2.53. The number of nitrogens with zero attached hydrogens (tertiary/aromatic N) is 1. The highest BCUT2D eigenvalue weighted by Crippen LogP contribution is 2.41. The van der Waals surface area contributed by atoms with E-state index in [1.165, 1.54) is 47.4 Å². The lowest BCUT2D eigenvalue weighted by Crippen LogP contribution is -2.16. The van der Waals surface area contributed by atoms with Crippen LogP contribution in [0, 0.1) is 0 Å². The van der Waals surface area contributed by atoms with Crippen molar-refractivity contribution in [1.29, 1.82) is 0 Å². The number of benzene rings is 2. The Kier molecular flexibility index (Phi) is 2.99. The molecule has 0 N–H and O–H groups in total. The van der Waals surface area contributed by atoms with Crippen LogP contribution in [0.2, 0.25) is 0 Å². The highest BCUT2D eigenvalue weighted by Gasteiger charge is 2.36. The molecule has 4 rings (SSSR count). The first kappa shape index (κ1) is 12.6. The fourth-order valence-electron chi connectivity index (χ4n) is 3.68. The number of rotatable bonds is 2. The molecule has 1 heteroatoms. The third kappa shape index (κ3) is 2.04. The largest absolute Gasteiger partial charge is 0.213 e. The van der Waals surface area contributed by atoms with Gasteiger partial charge in [0, 0.05) is 18.1 Å². The maximum atomic E-state index is 2.53. The minimum absolute atomic E-state index is 0.976. The van der Waals surface area contributed by atoms with Gasteiger partial charge in [0.05, 0.1) is 11.1 Å². The van der Waals surface area contributed by atoms with Crippen LogP contribution in [0.1, 0.15) is 37.3 Å². The Balaban J connectivity index is 1.88. The molecular weight excluding hydrogens is 254 g/mol. The topological polar surface area (TPSA) is 3.01 Å². The van der Waals surface area contributed by atoms with Gasteiger partial charge >= 0.3 is 0 Å². The Morgan fingerprint density at radius 3 is 2.52 bits per heavy atom. The van der Waals surface area contributed by atoms with Crippen LogP contribution in [0.25, 0.3) is 5.57 Å². The van der Waals surface area contributed by atoms with Crippen molar-refractivity contribution in [1.82, 2.24) is 0 Å². The van der Waals surface area contributed by atoms with E-state index in [0.717, 1.165) is 6.54 Å². The van der Waals surface area contributed by atoms with Crippen LogP contribution < -0.4 is 0 Å². The molecule has 2 aromatic carbocycles. The lowest BCUT2D eigenvalue weighted by molar-refractivity contribution is -0.455. The van der Waals surface area contributed by atoms with Crippen LogP contribution in [0.15, 0.2) is 60.2 Å². The number of allylic oxidation sites excluding steroid dienone is 2. The molecule has 21 heavy (non-hydrogen) atoms. The van der Waals surface area contributed by atoms with Crippen molar-refractivity contribution in [2.24, 2.45) is 0 Å². The van der Waals surface area contributed by atoms with Crippen LogP contribution in [-0.4, -0.2) is 10.3 Å². The van der Waals surface area contributed by atoms with Gasteiger partial charge in [-0.2, -0.15) is 4.58 Å². The van der Waals surface area contributed by atoms with E-state index in [2.05, 4.69) is 66.1 Å². The van der Waals surface area contributed by atoms with Gasteiger partial charge in [-0.15, -0.1) is 0 Å². The molecule has 1 aliphatic heterocycles. The number of fused-ring (bicyclic) bond motifs is 3. The maximum absolute atomic E-state index is 2.53. The molecule has 1 nitrogen and oxygen atoms in total. The molecule has 0 radical (unpaired) electrons. The van der Waals surface area contributed by atoms with Crippen LogP contribution in [0.5, 0.6) is 0 Å². The zero-order chi connectivity index (χ0) is 14.2. The van der Waals surface area contributed by atoms with Crippen LogP contribution >= 0.6 is 0 Å². The first-order valence-corrected chi connectivity index (χ1v) is 7.81. The van der Waals surface area contributed by atoms with Gasteiger partial charge in [-0.3, -0.25) is 0 Å². The van der Waals surface area contributed by atoms with Gasteiger partial charge < -0.3 is 0 Å². The van der Waals surface area contributed by atoms with E-state index in [0.29, 0.717) is 0 Å². The van der Waals surface area contributed by atoms with Crippen molar-refractivity contribution >= 4 is 17.0 Å². The van der Waals surface area contributed by atoms with E-state index in [4.69, 9.17) is 0 Å². The summed E-state index contributed by atoms with van der Waals surface area (Å²) in [5.74, 6) is 0. The summed E-state index contributed by atoms with van der Waals surface area (Å²) >= 11 is 0. The molecule has 0 saturated heterocycles. The van der Waals surface area contributed by atoms with Crippen LogP contribution in [0.4, 0.5) is 5.69 Å². The first-order valence-electron chi connectivity index (χ1n) is 7.81. The van der Waals surface area contributed by atoms with E-state index in [1.807, 2.05) is 0 Å². The summed E-state index contributed by atoms with van der Waals surface area (Å²) in [5, 5.41) is 0. The van der Waals surface area contributed by atoms with Crippen molar-refractivity contribution in [3.63, 3.8) is 0 Å². The average molecular weight is 274 g/mol. The Morgan fingerprint density at radius 1 is 0.905 bits per heavy atom. The van der Waals surface area contributed by atoms with Gasteiger partial charge in [-0.25, -0.2) is 0 Å². The Hall–Kier alpha value is -2.15. The first-order chi connectivity index (χ1) is 10.3. The maximum Gasteiger partial charge on any atom is 0.213 e. The molecule has 0 amide bonds. The molecule has 1 aliphatic carbocycles. The van der Waals surface area contributed by atoms with E-state index < -0.39 is 0 Å². The predicted octanol–water partition coefficient (Wildman–Crippen LogP) is 4.94. The Bertz CT molecular complexity index is 750. The van der Waals surface area contributed by atoms with E-state index in [-0.39, 0.29) is 0 Å². The zero-order valence-corrected chi connectivity index (χ0v) is 12.5. The van der Waals surface area contributed by atoms with Gasteiger partial charge in [-0.1, -0.05) is 48.0 Å². The quantitative estimate of drug-likeness (QED) is 0.682. The predicted molar refractivity (Wildman–Crippen MR) is 88.0 cm³/mol. The molecule has 2 aliphatic rings. The third-order valence-electron chi connectivity index (χ3n) is 4.65. The lowest BCUT2D eigenvalue weighted by Gasteiger charge is -2.12. The fraction of sp³-hybridized carbons (Fsp3) is 0.250. The summed E-state index contributed by atoms with van der Waals surface area (Å²) in [6, 6.07) is 19.7. The van der Waals surface area contributed by atoms with Crippen molar-refractivity contribution in [2.75, 3.05) is 0 Å². The normalized spacial score (nSPS) is 17.0. The molecule has 0 aromatic heterocycles. The van der Waals surface area contributed by atoms with E-state index >= 15 is 0 Å². The molecule has 0 spiro atoms. The van der Waals surface area contributed by atoms with Crippen LogP contribution in [0.3, 0.4) is 0 Å². The van der Waals surface area contributed by atoms with E-state index in [9.17, 15) is 0 Å².